The molecule has 1 rings (SSSR count). The molecule has 18 heavy (non-hydrogen) atoms. The van der Waals surface area contributed by atoms with E-state index < -0.39 is 0 Å². The molecular weight excluding hydrogens is 272 g/mol. The fourth-order valence-electron chi connectivity index (χ4n) is 1.79. The summed E-state index contributed by atoms with van der Waals surface area (Å²) in [4.78, 5) is 3.46. The second kappa shape index (κ2) is 8.85. The molecule has 1 atom stereocenters. The third kappa shape index (κ3) is 4.84. The van der Waals surface area contributed by atoms with E-state index in [1.165, 1.54) is 4.88 Å². The summed E-state index contributed by atoms with van der Waals surface area (Å²) in [5.74, 6) is 0. The average Bonchev–Trinajstić information content (AvgIpc) is 2.79. The predicted octanol–water partition coefficient (Wildman–Crippen LogP) is 2.00. The molecule has 104 valence electrons. The Morgan fingerprint density at radius 3 is 2.28 bits per heavy atom. The summed E-state index contributed by atoms with van der Waals surface area (Å²) in [6.45, 7) is 3.58. The van der Waals surface area contributed by atoms with Crippen LogP contribution in [0, 0.1) is 0 Å². The number of nitrogens with two attached hydrogens (primary N) is 1. The van der Waals surface area contributed by atoms with Gasteiger partial charge in [0, 0.05) is 38.7 Å². The highest BCUT2D eigenvalue weighted by molar-refractivity contribution is 7.16. The molecule has 1 unspecified atom stereocenters. The van der Waals surface area contributed by atoms with Gasteiger partial charge in [0.25, 0.3) is 0 Å². The summed E-state index contributed by atoms with van der Waals surface area (Å²) in [6, 6.07) is 4.12. The highest BCUT2D eigenvalue weighted by Gasteiger charge is 2.20. The smallest absolute Gasteiger partial charge is 0.0931 e. The maximum absolute atomic E-state index is 5.98. The zero-order valence-electron chi connectivity index (χ0n) is 10.9. The molecule has 0 saturated heterocycles. The molecule has 0 bridgehead atoms. The van der Waals surface area contributed by atoms with Crippen LogP contribution in [0.2, 0.25) is 4.34 Å². The molecule has 0 aliphatic rings. The van der Waals surface area contributed by atoms with Crippen LogP contribution in [0.4, 0.5) is 0 Å². The molecular formula is C12H21ClN2O2S. The summed E-state index contributed by atoms with van der Waals surface area (Å²) in [7, 11) is 3.40. The van der Waals surface area contributed by atoms with E-state index in [9.17, 15) is 0 Å². The summed E-state index contributed by atoms with van der Waals surface area (Å²) < 4.78 is 11.1. The van der Waals surface area contributed by atoms with Gasteiger partial charge in [0.2, 0.25) is 0 Å². The van der Waals surface area contributed by atoms with Crippen LogP contribution in [-0.2, 0) is 9.47 Å². The molecule has 0 saturated carbocycles. The summed E-state index contributed by atoms with van der Waals surface area (Å²) in [5.41, 5.74) is 5.90. The number of rotatable bonds is 9. The first-order valence-electron chi connectivity index (χ1n) is 5.90. The van der Waals surface area contributed by atoms with Crippen LogP contribution in [0.3, 0.4) is 0 Å². The van der Waals surface area contributed by atoms with E-state index >= 15 is 0 Å². The average molecular weight is 293 g/mol. The zero-order chi connectivity index (χ0) is 13.4. The Kier molecular flexibility index (Phi) is 7.81. The Morgan fingerprint density at radius 1 is 1.28 bits per heavy atom. The van der Waals surface area contributed by atoms with E-state index in [0.717, 1.165) is 17.4 Å². The molecule has 1 aromatic heterocycles. The predicted molar refractivity (Wildman–Crippen MR) is 76.4 cm³/mol. The first kappa shape index (κ1) is 15.9. The van der Waals surface area contributed by atoms with Gasteiger partial charge < -0.3 is 15.2 Å². The van der Waals surface area contributed by atoms with Gasteiger partial charge in [-0.15, -0.1) is 11.3 Å². The van der Waals surface area contributed by atoms with Crippen LogP contribution in [-0.4, -0.2) is 52.0 Å². The van der Waals surface area contributed by atoms with Crippen molar-refractivity contribution in [2.45, 2.75) is 6.04 Å². The van der Waals surface area contributed by atoms with Gasteiger partial charge >= 0.3 is 0 Å². The summed E-state index contributed by atoms with van der Waals surface area (Å²) in [6.07, 6.45) is 0. The number of methoxy groups -OCH3 is 2. The van der Waals surface area contributed by atoms with Gasteiger partial charge in [0.1, 0.15) is 0 Å². The van der Waals surface area contributed by atoms with Crippen molar-refractivity contribution in [2.75, 3.05) is 47.1 Å². The minimum Gasteiger partial charge on any atom is -0.383 e. The van der Waals surface area contributed by atoms with Crippen LogP contribution < -0.4 is 5.73 Å². The quantitative estimate of drug-likeness (QED) is 0.756. The van der Waals surface area contributed by atoms with Gasteiger partial charge in [-0.1, -0.05) is 11.6 Å². The molecule has 0 radical (unpaired) electrons. The Hall–Kier alpha value is -0.170. The molecule has 0 amide bonds. The van der Waals surface area contributed by atoms with Crippen LogP contribution in [0.15, 0.2) is 12.1 Å². The highest BCUT2D eigenvalue weighted by Crippen LogP contribution is 2.29. The molecule has 0 spiro atoms. The third-order valence-electron chi connectivity index (χ3n) is 2.75. The molecule has 4 nitrogen and oxygen atoms in total. The van der Waals surface area contributed by atoms with Crippen molar-refractivity contribution in [2.24, 2.45) is 5.73 Å². The molecule has 2 N–H and O–H groups in total. The van der Waals surface area contributed by atoms with Crippen molar-refractivity contribution < 1.29 is 9.47 Å². The van der Waals surface area contributed by atoms with Gasteiger partial charge in [-0.25, -0.2) is 0 Å². The lowest BCUT2D eigenvalue weighted by molar-refractivity contribution is 0.0901. The van der Waals surface area contributed by atoms with E-state index in [1.54, 1.807) is 25.6 Å². The van der Waals surface area contributed by atoms with Crippen molar-refractivity contribution in [1.29, 1.82) is 0 Å². The first-order valence-corrected chi connectivity index (χ1v) is 7.09. The Bertz CT molecular complexity index is 328. The molecule has 1 heterocycles. The lowest BCUT2D eigenvalue weighted by Gasteiger charge is -2.29. The first-order chi connectivity index (χ1) is 8.72. The molecule has 1 aromatic rings. The van der Waals surface area contributed by atoms with E-state index in [-0.39, 0.29) is 6.04 Å². The van der Waals surface area contributed by atoms with Crippen LogP contribution in [0.25, 0.3) is 0 Å². The van der Waals surface area contributed by atoms with Crippen molar-refractivity contribution in [1.82, 2.24) is 4.90 Å². The highest BCUT2D eigenvalue weighted by atomic mass is 35.5. The maximum Gasteiger partial charge on any atom is 0.0931 e. The van der Waals surface area contributed by atoms with Gasteiger partial charge in [-0.2, -0.15) is 0 Å². The fourth-order valence-corrected chi connectivity index (χ4v) is 3.00. The Balaban J connectivity index is 2.71. The van der Waals surface area contributed by atoms with Crippen LogP contribution in [0.1, 0.15) is 10.9 Å². The van der Waals surface area contributed by atoms with Crippen LogP contribution in [0.5, 0.6) is 0 Å². The van der Waals surface area contributed by atoms with Gasteiger partial charge in [-0.3, -0.25) is 4.90 Å². The minimum absolute atomic E-state index is 0.174. The topological polar surface area (TPSA) is 47.7 Å². The van der Waals surface area contributed by atoms with Crippen LogP contribution >= 0.6 is 22.9 Å². The molecule has 0 aliphatic carbocycles. The number of thiophene rings is 1. The maximum atomic E-state index is 5.98. The molecule has 0 fully saturated rings. The summed E-state index contributed by atoms with van der Waals surface area (Å²) >= 11 is 7.56. The van der Waals surface area contributed by atoms with Crippen molar-refractivity contribution in [3.63, 3.8) is 0 Å². The number of hydrogen-bond acceptors (Lipinski definition) is 5. The van der Waals surface area contributed by atoms with Crippen molar-refractivity contribution in [3.05, 3.63) is 21.3 Å². The van der Waals surface area contributed by atoms with E-state index in [2.05, 4.69) is 4.90 Å². The Morgan fingerprint density at radius 2 is 1.89 bits per heavy atom. The zero-order valence-corrected chi connectivity index (χ0v) is 12.5. The van der Waals surface area contributed by atoms with Crippen molar-refractivity contribution >= 4 is 22.9 Å². The largest absolute Gasteiger partial charge is 0.383 e. The number of ether oxygens (including phenoxy) is 2. The lowest BCUT2D eigenvalue weighted by atomic mass is 10.2. The number of nitrogens with zero attached hydrogens (tertiary/aromatic N) is 1. The monoisotopic (exact) mass is 292 g/mol. The standard InChI is InChI=1S/C12H21ClN2O2S/c1-16-7-5-15(6-8-17-2)10(9-14)11-3-4-12(13)18-11/h3-4,10H,5-9,14H2,1-2H3. The fraction of sp³-hybridized carbons (Fsp3) is 0.667. The van der Waals surface area contributed by atoms with E-state index in [1.807, 2.05) is 12.1 Å². The van der Waals surface area contributed by atoms with Gasteiger partial charge in [0.15, 0.2) is 0 Å². The summed E-state index contributed by atoms with van der Waals surface area (Å²) in [5, 5.41) is 0. The molecule has 6 heteroatoms. The van der Waals surface area contributed by atoms with E-state index in [4.69, 9.17) is 26.8 Å². The Labute approximate surface area is 118 Å². The molecule has 0 aromatic carbocycles. The minimum atomic E-state index is 0.174. The van der Waals surface area contributed by atoms with Gasteiger partial charge in [0.05, 0.1) is 23.6 Å². The number of hydrogen-bond donors (Lipinski definition) is 1. The molecule has 0 aliphatic heterocycles. The second-order valence-corrected chi connectivity index (χ2v) is 5.66. The SMILES string of the molecule is COCCN(CCOC)C(CN)c1ccc(Cl)s1. The lowest BCUT2D eigenvalue weighted by Crippen LogP contribution is -2.37. The van der Waals surface area contributed by atoms with Crippen molar-refractivity contribution in [3.8, 4) is 0 Å². The van der Waals surface area contributed by atoms with E-state index in [0.29, 0.717) is 19.8 Å². The number of halogens is 1. The second-order valence-electron chi connectivity index (χ2n) is 3.91. The van der Waals surface area contributed by atoms with Gasteiger partial charge in [-0.05, 0) is 12.1 Å². The normalized spacial score (nSPS) is 13.2. The third-order valence-corrected chi connectivity index (χ3v) is 4.08.